The van der Waals surface area contributed by atoms with Crippen LogP contribution in [0.3, 0.4) is 0 Å². The van der Waals surface area contributed by atoms with E-state index < -0.39 is 5.82 Å². The van der Waals surface area contributed by atoms with E-state index in [9.17, 15) is 9.18 Å². The highest BCUT2D eigenvalue weighted by molar-refractivity contribution is 5.93. The summed E-state index contributed by atoms with van der Waals surface area (Å²) >= 11 is 0. The first-order valence-corrected chi connectivity index (χ1v) is 8.56. The van der Waals surface area contributed by atoms with Crippen molar-refractivity contribution >= 4 is 16.9 Å². The van der Waals surface area contributed by atoms with Gasteiger partial charge in [-0.15, -0.1) is 0 Å². The minimum absolute atomic E-state index is 0.172. The molecule has 2 heterocycles. The van der Waals surface area contributed by atoms with E-state index in [4.69, 9.17) is 4.74 Å². The monoisotopic (exact) mass is 374 g/mol. The topological polar surface area (TPSA) is 77.0 Å². The van der Waals surface area contributed by atoms with Crippen molar-refractivity contribution in [1.82, 2.24) is 20.3 Å². The van der Waals surface area contributed by atoms with Crippen molar-refractivity contribution in [3.8, 4) is 11.6 Å². The summed E-state index contributed by atoms with van der Waals surface area (Å²) in [4.78, 5) is 25.2. The van der Waals surface area contributed by atoms with E-state index in [1.54, 1.807) is 36.5 Å². The molecule has 138 valence electrons. The van der Waals surface area contributed by atoms with E-state index >= 15 is 0 Å². The molecule has 4 rings (SSSR count). The summed E-state index contributed by atoms with van der Waals surface area (Å²) in [5, 5.41) is 2.78. The largest absolute Gasteiger partial charge is 0.439 e. The molecule has 0 saturated heterocycles. The van der Waals surface area contributed by atoms with Gasteiger partial charge < -0.3 is 10.1 Å². The second-order valence-corrected chi connectivity index (χ2v) is 5.95. The van der Waals surface area contributed by atoms with Crippen molar-refractivity contribution in [2.24, 2.45) is 0 Å². The van der Waals surface area contributed by atoms with Crippen LogP contribution in [0.5, 0.6) is 11.6 Å². The Hall–Kier alpha value is -3.87. The Bertz CT molecular complexity index is 1150. The number of ether oxygens (including phenoxy) is 1. The number of benzene rings is 2. The zero-order valence-electron chi connectivity index (χ0n) is 14.7. The van der Waals surface area contributed by atoms with E-state index in [0.717, 1.165) is 5.52 Å². The number of pyridine rings is 1. The van der Waals surface area contributed by atoms with Crippen LogP contribution in [-0.2, 0) is 6.54 Å². The average molecular weight is 374 g/mol. The van der Waals surface area contributed by atoms with Crippen LogP contribution >= 0.6 is 0 Å². The zero-order chi connectivity index (χ0) is 19.3. The van der Waals surface area contributed by atoms with Crippen LogP contribution in [0.2, 0.25) is 0 Å². The van der Waals surface area contributed by atoms with Crippen LogP contribution in [-0.4, -0.2) is 20.9 Å². The Kier molecular flexibility index (Phi) is 4.88. The number of aromatic nitrogens is 3. The maximum absolute atomic E-state index is 13.4. The highest BCUT2D eigenvalue weighted by Gasteiger charge is 2.12. The summed E-state index contributed by atoms with van der Waals surface area (Å²) in [6.45, 7) is 0.172. The molecule has 0 aliphatic rings. The second kappa shape index (κ2) is 7.79. The Balaban J connectivity index is 1.49. The number of carbonyl (C=O) groups is 1. The third kappa shape index (κ3) is 3.93. The van der Waals surface area contributed by atoms with Gasteiger partial charge in [-0.3, -0.25) is 9.78 Å². The summed E-state index contributed by atoms with van der Waals surface area (Å²) in [5.74, 6) is -0.151. The fourth-order valence-electron chi connectivity index (χ4n) is 2.63. The smallest absolute Gasteiger partial charge is 0.271 e. The van der Waals surface area contributed by atoms with Crippen molar-refractivity contribution in [2.75, 3.05) is 0 Å². The number of amides is 1. The molecule has 6 nitrogen and oxygen atoms in total. The molecule has 1 amide bonds. The van der Waals surface area contributed by atoms with Crippen LogP contribution in [0.1, 0.15) is 16.1 Å². The van der Waals surface area contributed by atoms with Gasteiger partial charge in [-0.1, -0.05) is 24.3 Å². The number of hydrogen-bond donors (Lipinski definition) is 1. The minimum Gasteiger partial charge on any atom is -0.439 e. The molecule has 4 aromatic rings. The molecule has 2 aromatic carbocycles. The molecular formula is C21H15FN4O2. The van der Waals surface area contributed by atoms with Gasteiger partial charge in [0.25, 0.3) is 5.91 Å². The standard InChI is InChI=1S/C21H15FN4O2/c22-15-6-3-7-16(11-15)28-21-14(5-4-10-23-21)12-25-20(27)19-13-24-17-8-1-2-9-18(17)26-19/h1-11,13H,12H2,(H,25,27). The lowest BCUT2D eigenvalue weighted by Gasteiger charge is -2.11. The van der Waals surface area contributed by atoms with Crippen LogP contribution < -0.4 is 10.1 Å². The fraction of sp³-hybridized carbons (Fsp3) is 0.0476. The van der Waals surface area contributed by atoms with Gasteiger partial charge in [0.15, 0.2) is 0 Å². The number of nitrogens with one attached hydrogen (secondary N) is 1. The quantitative estimate of drug-likeness (QED) is 0.574. The first-order chi connectivity index (χ1) is 13.7. The summed E-state index contributed by atoms with van der Waals surface area (Å²) < 4.78 is 19.0. The Morgan fingerprint density at radius 3 is 2.71 bits per heavy atom. The van der Waals surface area contributed by atoms with Crippen molar-refractivity contribution < 1.29 is 13.9 Å². The third-order valence-corrected chi connectivity index (χ3v) is 3.98. The Morgan fingerprint density at radius 2 is 1.86 bits per heavy atom. The molecular weight excluding hydrogens is 359 g/mol. The first kappa shape index (κ1) is 17.5. The molecule has 0 atom stereocenters. The predicted molar refractivity (Wildman–Crippen MR) is 101 cm³/mol. The molecule has 0 aliphatic carbocycles. The van der Waals surface area contributed by atoms with Gasteiger partial charge in [-0.2, -0.15) is 0 Å². The van der Waals surface area contributed by atoms with E-state index in [0.29, 0.717) is 16.8 Å². The third-order valence-electron chi connectivity index (χ3n) is 3.98. The lowest BCUT2D eigenvalue weighted by atomic mass is 10.2. The molecule has 0 spiro atoms. The number of rotatable bonds is 5. The number of nitrogens with zero attached hydrogens (tertiary/aromatic N) is 3. The SMILES string of the molecule is O=C(NCc1cccnc1Oc1cccc(F)c1)c1cnc2ccccc2n1. The molecule has 0 bridgehead atoms. The molecule has 28 heavy (non-hydrogen) atoms. The van der Waals surface area contributed by atoms with Crippen molar-refractivity contribution in [3.05, 3.63) is 90.1 Å². The minimum atomic E-state index is -0.404. The molecule has 0 aliphatic heterocycles. The van der Waals surface area contributed by atoms with E-state index in [1.807, 2.05) is 18.2 Å². The van der Waals surface area contributed by atoms with E-state index in [1.165, 1.54) is 18.3 Å². The summed E-state index contributed by atoms with van der Waals surface area (Å²) in [7, 11) is 0. The summed E-state index contributed by atoms with van der Waals surface area (Å²) in [6, 6.07) is 16.6. The normalized spacial score (nSPS) is 10.6. The number of fused-ring (bicyclic) bond motifs is 1. The fourth-order valence-corrected chi connectivity index (χ4v) is 2.63. The van der Waals surface area contributed by atoms with Crippen LogP contribution in [0.4, 0.5) is 4.39 Å². The van der Waals surface area contributed by atoms with Gasteiger partial charge in [0.2, 0.25) is 5.88 Å². The summed E-state index contributed by atoms with van der Waals surface area (Å²) in [6.07, 6.45) is 3.00. The van der Waals surface area contributed by atoms with Gasteiger partial charge in [-0.05, 0) is 30.3 Å². The molecule has 1 N–H and O–H groups in total. The lowest BCUT2D eigenvalue weighted by molar-refractivity contribution is 0.0945. The van der Waals surface area contributed by atoms with Crippen molar-refractivity contribution in [1.29, 1.82) is 0 Å². The van der Waals surface area contributed by atoms with Crippen LogP contribution in [0.15, 0.2) is 73.1 Å². The Morgan fingerprint density at radius 1 is 1.00 bits per heavy atom. The maximum atomic E-state index is 13.4. The van der Waals surface area contributed by atoms with Crippen LogP contribution in [0.25, 0.3) is 11.0 Å². The number of para-hydroxylation sites is 2. The van der Waals surface area contributed by atoms with Crippen LogP contribution in [0, 0.1) is 5.82 Å². The molecule has 7 heteroatoms. The highest BCUT2D eigenvalue weighted by Crippen LogP contribution is 2.23. The van der Waals surface area contributed by atoms with Gasteiger partial charge >= 0.3 is 0 Å². The first-order valence-electron chi connectivity index (χ1n) is 8.56. The molecule has 0 saturated carbocycles. The molecule has 0 radical (unpaired) electrons. The van der Waals surface area contributed by atoms with E-state index in [2.05, 4.69) is 20.3 Å². The van der Waals surface area contributed by atoms with Gasteiger partial charge in [-0.25, -0.2) is 14.4 Å². The molecule has 2 aromatic heterocycles. The maximum Gasteiger partial charge on any atom is 0.271 e. The Labute approximate surface area is 160 Å². The predicted octanol–water partition coefficient (Wildman–Crippen LogP) is 3.89. The summed E-state index contributed by atoms with van der Waals surface area (Å²) in [5.41, 5.74) is 2.23. The number of halogens is 1. The van der Waals surface area contributed by atoms with Crippen molar-refractivity contribution in [3.63, 3.8) is 0 Å². The van der Waals surface area contributed by atoms with Gasteiger partial charge in [0.05, 0.1) is 17.2 Å². The average Bonchev–Trinajstić information content (AvgIpc) is 2.72. The lowest BCUT2D eigenvalue weighted by Crippen LogP contribution is -2.24. The number of hydrogen-bond acceptors (Lipinski definition) is 5. The number of carbonyl (C=O) groups excluding carboxylic acids is 1. The van der Waals surface area contributed by atoms with Crippen molar-refractivity contribution in [2.45, 2.75) is 6.54 Å². The molecule has 0 fully saturated rings. The molecule has 0 unspecified atom stereocenters. The highest BCUT2D eigenvalue weighted by atomic mass is 19.1. The second-order valence-electron chi connectivity index (χ2n) is 5.95. The van der Waals surface area contributed by atoms with E-state index in [-0.39, 0.29) is 24.0 Å². The zero-order valence-corrected chi connectivity index (χ0v) is 14.7. The van der Waals surface area contributed by atoms with Gasteiger partial charge in [0.1, 0.15) is 17.3 Å². The van der Waals surface area contributed by atoms with Gasteiger partial charge in [0, 0.05) is 24.4 Å².